The lowest BCUT2D eigenvalue weighted by atomic mass is 10.6. The van der Waals surface area contributed by atoms with Gasteiger partial charge in [0.05, 0.1) is 6.54 Å². The van der Waals surface area contributed by atoms with E-state index in [1.54, 1.807) is 23.0 Å². The zero-order chi connectivity index (χ0) is 13.1. The van der Waals surface area contributed by atoms with E-state index >= 15 is 0 Å². The molecule has 0 saturated carbocycles. The van der Waals surface area contributed by atoms with Crippen molar-refractivity contribution in [2.24, 2.45) is 7.05 Å². The molecular formula is C9H13ClN8. The van der Waals surface area contributed by atoms with Gasteiger partial charge in [0.1, 0.15) is 6.33 Å². The largest absolute Gasteiger partial charge is 0.347 e. The lowest BCUT2D eigenvalue weighted by Crippen LogP contribution is -2.15. The summed E-state index contributed by atoms with van der Waals surface area (Å²) in [6.45, 7) is 0.425. The van der Waals surface area contributed by atoms with Crippen LogP contribution in [0, 0.1) is 0 Å². The molecule has 0 bridgehead atoms. The molecule has 8 nitrogen and oxygen atoms in total. The second kappa shape index (κ2) is 5.13. The summed E-state index contributed by atoms with van der Waals surface area (Å²) in [5.74, 6) is 1.54. The molecular weight excluding hydrogens is 256 g/mol. The summed E-state index contributed by atoms with van der Waals surface area (Å²) in [7, 11) is 5.46. The first kappa shape index (κ1) is 12.5. The topological polar surface area (TPSA) is 84.7 Å². The van der Waals surface area contributed by atoms with Crippen molar-refractivity contribution in [2.45, 2.75) is 6.54 Å². The fourth-order valence-electron chi connectivity index (χ4n) is 1.24. The van der Waals surface area contributed by atoms with Crippen LogP contribution in [0.5, 0.6) is 0 Å². The molecule has 2 aromatic rings. The summed E-state index contributed by atoms with van der Waals surface area (Å²) in [4.78, 5) is 18.0. The van der Waals surface area contributed by atoms with Crippen molar-refractivity contribution in [1.29, 1.82) is 0 Å². The standard InChI is InChI=1S/C9H13ClN8/c1-17(2)9-14-7(10)13-8(15-9)11-4-6-12-5-18(3)16-6/h5H,4H2,1-3H3,(H,11,13,14,15). The second-order valence-corrected chi connectivity index (χ2v) is 4.15. The third-order valence-electron chi connectivity index (χ3n) is 2.05. The van der Waals surface area contributed by atoms with E-state index in [2.05, 4.69) is 30.4 Å². The van der Waals surface area contributed by atoms with Crippen molar-refractivity contribution in [3.05, 3.63) is 17.4 Å². The van der Waals surface area contributed by atoms with Crippen LogP contribution in [0.15, 0.2) is 6.33 Å². The molecule has 0 spiro atoms. The molecule has 1 N–H and O–H groups in total. The summed E-state index contributed by atoms with van der Waals surface area (Å²) < 4.78 is 1.63. The maximum absolute atomic E-state index is 5.82. The van der Waals surface area contributed by atoms with Crippen molar-refractivity contribution in [3.63, 3.8) is 0 Å². The van der Waals surface area contributed by atoms with Crippen molar-refractivity contribution in [3.8, 4) is 0 Å². The van der Waals surface area contributed by atoms with Gasteiger partial charge in [0, 0.05) is 21.1 Å². The summed E-state index contributed by atoms with van der Waals surface area (Å²) in [6.07, 6.45) is 1.63. The van der Waals surface area contributed by atoms with E-state index in [0.717, 1.165) is 0 Å². The molecule has 0 aliphatic heterocycles. The molecule has 2 aromatic heterocycles. The average molecular weight is 269 g/mol. The molecule has 0 unspecified atom stereocenters. The summed E-state index contributed by atoms with van der Waals surface area (Å²) in [6, 6.07) is 0. The normalized spacial score (nSPS) is 10.4. The fraction of sp³-hybridized carbons (Fsp3) is 0.444. The Kier molecular flexibility index (Phi) is 3.56. The fourth-order valence-corrected chi connectivity index (χ4v) is 1.40. The first-order valence-corrected chi connectivity index (χ1v) is 5.59. The highest BCUT2D eigenvalue weighted by atomic mass is 35.5. The second-order valence-electron chi connectivity index (χ2n) is 3.81. The van der Waals surface area contributed by atoms with Gasteiger partial charge in [-0.3, -0.25) is 4.68 Å². The maximum Gasteiger partial charge on any atom is 0.230 e. The smallest absolute Gasteiger partial charge is 0.230 e. The maximum atomic E-state index is 5.82. The Bertz CT molecular complexity index is 537. The molecule has 9 heteroatoms. The molecule has 0 saturated heterocycles. The van der Waals surface area contributed by atoms with Gasteiger partial charge in [-0.05, 0) is 11.6 Å². The van der Waals surface area contributed by atoms with Gasteiger partial charge in [0.2, 0.25) is 17.2 Å². The number of nitrogens with one attached hydrogen (secondary N) is 1. The van der Waals surface area contributed by atoms with E-state index in [1.807, 2.05) is 14.1 Å². The number of anilines is 2. The third kappa shape index (κ3) is 3.04. The van der Waals surface area contributed by atoms with Crippen LogP contribution in [-0.4, -0.2) is 43.8 Å². The first-order valence-electron chi connectivity index (χ1n) is 5.22. The minimum atomic E-state index is 0.144. The number of halogens is 1. The molecule has 0 aromatic carbocycles. The zero-order valence-corrected chi connectivity index (χ0v) is 11.0. The SMILES string of the molecule is CN(C)c1nc(Cl)nc(NCc2ncn(C)n2)n1. The molecule has 96 valence electrons. The zero-order valence-electron chi connectivity index (χ0n) is 10.3. The molecule has 0 atom stereocenters. The molecule has 0 aliphatic rings. The van der Waals surface area contributed by atoms with Gasteiger partial charge in [-0.25, -0.2) is 4.98 Å². The van der Waals surface area contributed by atoms with Gasteiger partial charge >= 0.3 is 0 Å². The van der Waals surface area contributed by atoms with Crippen LogP contribution in [0.3, 0.4) is 0 Å². The molecule has 0 aliphatic carbocycles. The van der Waals surface area contributed by atoms with Gasteiger partial charge in [-0.1, -0.05) is 0 Å². The van der Waals surface area contributed by atoms with Gasteiger partial charge in [-0.15, -0.1) is 0 Å². The van der Waals surface area contributed by atoms with Crippen molar-refractivity contribution < 1.29 is 0 Å². The number of hydrogen-bond acceptors (Lipinski definition) is 7. The predicted octanol–water partition coefficient (Wildman–Crippen LogP) is 0.332. The van der Waals surface area contributed by atoms with Crippen molar-refractivity contribution in [2.75, 3.05) is 24.3 Å². The van der Waals surface area contributed by atoms with Crippen LogP contribution in [0.4, 0.5) is 11.9 Å². The van der Waals surface area contributed by atoms with E-state index in [0.29, 0.717) is 24.3 Å². The van der Waals surface area contributed by atoms with Crippen molar-refractivity contribution in [1.82, 2.24) is 29.7 Å². The lowest BCUT2D eigenvalue weighted by Gasteiger charge is -2.11. The number of aromatic nitrogens is 6. The summed E-state index contributed by atoms with van der Waals surface area (Å²) >= 11 is 5.82. The molecule has 0 amide bonds. The molecule has 2 heterocycles. The Hall–Kier alpha value is -1.96. The highest BCUT2D eigenvalue weighted by molar-refractivity contribution is 6.28. The van der Waals surface area contributed by atoms with Gasteiger partial charge < -0.3 is 10.2 Å². The Morgan fingerprint density at radius 2 is 2.11 bits per heavy atom. The van der Waals surface area contributed by atoms with E-state index in [-0.39, 0.29) is 5.28 Å². The van der Waals surface area contributed by atoms with Crippen LogP contribution < -0.4 is 10.2 Å². The van der Waals surface area contributed by atoms with Gasteiger partial charge in [0.15, 0.2) is 5.82 Å². The number of hydrogen-bond donors (Lipinski definition) is 1. The van der Waals surface area contributed by atoms with Crippen LogP contribution >= 0.6 is 11.6 Å². The minimum Gasteiger partial charge on any atom is -0.347 e. The Labute approximate surface area is 109 Å². The van der Waals surface area contributed by atoms with E-state index < -0.39 is 0 Å². The van der Waals surface area contributed by atoms with E-state index in [1.165, 1.54) is 0 Å². The molecule has 0 fully saturated rings. The van der Waals surface area contributed by atoms with Crippen molar-refractivity contribution >= 4 is 23.5 Å². The monoisotopic (exact) mass is 268 g/mol. The van der Waals surface area contributed by atoms with Crippen LogP contribution in [-0.2, 0) is 13.6 Å². The highest BCUT2D eigenvalue weighted by Crippen LogP contribution is 2.11. The Morgan fingerprint density at radius 1 is 1.33 bits per heavy atom. The summed E-state index contributed by atoms with van der Waals surface area (Å²) in [5, 5.41) is 7.28. The van der Waals surface area contributed by atoms with Crippen LogP contribution in [0.1, 0.15) is 5.82 Å². The molecule has 18 heavy (non-hydrogen) atoms. The predicted molar refractivity (Wildman–Crippen MR) is 67.5 cm³/mol. The van der Waals surface area contributed by atoms with E-state index in [4.69, 9.17) is 11.6 Å². The first-order chi connectivity index (χ1) is 8.54. The van der Waals surface area contributed by atoms with Crippen LogP contribution in [0.25, 0.3) is 0 Å². The highest BCUT2D eigenvalue weighted by Gasteiger charge is 2.07. The molecule has 2 rings (SSSR count). The average Bonchev–Trinajstić information content (AvgIpc) is 2.72. The Morgan fingerprint density at radius 3 is 2.72 bits per heavy atom. The quantitative estimate of drug-likeness (QED) is 0.855. The van der Waals surface area contributed by atoms with E-state index in [9.17, 15) is 0 Å². The third-order valence-corrected chi connectivity index (χ3v) is 2.22. The minimum absolute atomic E-state index is 0.144. The summed E-state index contributed by atoms with van der Waals surface area (Å²) in [5.41, 5.74) is 0. The number of nitrogens with zero attached hydrogens (tertiary/aromatic N) is 7. The Balaban J connectivity index is 2.09. The van der Waals surface area contributed by atoms with Gasteiger partial charge in [0.25, 0.3) is 0 Å². The molecule has 0 radical (unpaired) electrons. The number of aryl methyl sites for hydroxylation is 1. The lowest BCUT2D eigenvalue weighted by molar-refractivity contribution is 0.746. The van der Waals surface area contributed by atoms with Gasteiger partial charge in [-0.2, -0.15) is 20.1 Å². The van der Waals surface area contributed by atoms with Crippen LogP contribution in [0.2, 0.25) is 5.28 Å². The number of rotatable bonds is 4.